The molecule has 0 saturated heterocycles. The van der Waals surface area contributed by atoms with Crippen molar-refractivity contribution >= 4 is 22.9 Å². The number of carbonyl (C=O) groups is 1. The quantitative estimate of drug-likeness (QED) is 0.921. The number of carbonyl (C=O) groups excluding carboxylic acids is 1. The Morgan fingerprint density at radius 3 is 2.64 bits per heavy atom. The second-order valence-corrected chi connectivity index (χ2v) is 7.12. The van der Waals surface area contributed by atoms with Crippen molar-refractivity contribution < 1.29 is 14.3 Å². The van der Waals surface area contributed by atoms with Crippen LogP contribution in [0.25, 0.3) is 0 Å². The molecule has 0 aliphatic carbocycles. The van der Waals surface area contributed by atoms with E-state index in [-0.39, 0.29) is 11.3 Å². The van der Waals surface area contributed by atoms with E-state index in [1.54, 1.807) is 24.4 Å². The molecular formula is C16H18N2O3S. The zero-order valence-corrected chi connectivity index (χ0v) is 13.6. The Balaban J connectivity index is 1.75. The molecule has 1 aromatic carbocycles. The van der Waals surface area contributed by atoms with E-state index in [0.717, 1.165) is 5.01 Å². The monoisotopic (exact) mass is 318 g/mol. The maximum absolute atomic E-state index is 12.3. The maximum Gasteiger partial charge on any atom is 0.267 e. The van der Waals surface area contributed by atoms with Crippen molar-refractivity contribution in [2.24, 2.45) is 0 Å². The van der Waals surface area contributed by atoms with E-state index in [1.807, 2.05) is 0 Å². The summed E-state index contributed by atoms with van der Waals surface area (Å²) in [6.45, 7) is 7.31. The molecule has 1 amide bonds. The van der Waals surface area contributed by atoms with Crippen molar-refractivity contribution in [3.8, 4) is 11.5 Å². The Morgan fingerprint density at radius 2 is 1.95 bits per heavy atom. The van der Waals surface area contributed by atoms with E-state index in [1.165, 1.54) is 11.3 Å². The Morgan fingerprint density at radius 1 is 1.23 bits per heavy atom. The summed E-state index contributed by atoms with van der Waals surface area (Å²) in [5.41, 5.74) is 0.625. The Kier molecular flexibility index (Phi) is 3.78. The van der Waals surface area contributed by atoms with Crippen LogP contribution < -0.4 is 14.8 Å². The average molecular weight is 318 g/mol. The van der Waals surface area contributed by atoms with Gasteiger partial charge in [-0.05, 0) is 12.1 Å². The van der Waals surface area contributed by atoms with Gasteiger partial charge in [-0.1, -0.05) is 20.8 Å². The molecule has 22 heavy (non-hydrogen) atoms. The van der Waals surface area contributed by atoms with Crippen LogP contribution in [0.1, 0.15) is 35.5 Å². The summed E-state index contributed by atoms with van der Waals surface area (Å²) in [5.74, 6) is 1.20. The SMILES string of the molecule is CC(C)(C)c1ncc(C(=O)Nc2ccc3c(c2)OCCO3)s1. The van der Waals surface area contributed by atoms with Crippen LogP contribution in [-0.4, -0.2) is 24.1 Å². The molecular weight excluding hydrogens is 300 g/mol. The number of hydrogen-bond acceptors (Lipinski definition) is 5. The molecule has 1 N–H and O–H groups in total. The minimum absolute atomic E-state index is 0.0554. The highest BCUT2D eigenvalue weighted by Crippen LogP contribution is 2.33. The third kappa shape index (κ3) is 3.06. The summed E-state index contributed by atoms with van der Waals surface area (Å²) >= 11 is 1.42. The van der Waals surface area contributed by atoms with Crippen molar-refractivity contribution in [3.05, 3.63) is 34.3 Å². The molecule has 0 spiro atoms. The second-order valence-electron chi connectivity index (χ2n) is 6.09. The lowest BCUT2D eigenvalue weighted by Gasteiger charge is -2.18. The fourth-order valence-electron chi connectivity index (χ4n) is 2.04. The summed E-state index contributed by atoms with van der Waals surface area (Å²) in [4.78, 5) is 17.2. The van der Waals surface area contributed by atoms with Crippen LogP contribution >= 0.6 is 11.3 Å². The van der Waals surface area contributed by atoms with Crippen molar-refractivity contribution in [1.82, 2.24) is 4.98 Å². The first-order valence-electron chi connectivity index (χ1n) is 7.11. The first-order chi connectivity index (χ1) is 10.4. The molecule has 2 heterocycles. The van der Waals surface area contributed by atoms with Crippen LogP contribution in [0.3, 0.4) is 0 Å². The van der Waals surface area contributed by atoms with Gasteiger partial charge >= 0.3 is 0 Å². The highest BCUT2D eigenvalue weighted by atomic mass is 32.1. The van der Waals surface area contributed by atoms with E-state index < -0.39 is 0 Å². The van der Waals surface area contributed by atoms with Crippen LogP contribution in [0.2, 0.25) is 0 Å². The van der Waals surface area contributed by atoms with Crippen LogP contribution in [0.5, 0.6) is 11.5 Å². The summed E-state index contributed by atoms with van der Waals surface area (Å²) in [6.07, 6.45) is 1.62. The van der Waals surface area contributed by atoms with Gasteiger partial charge in [0.05, 0.1) is 11.2 Å². The van der Waals surface area contributed by atoms with Gasteiger partial charge in [0.25, 0.3) is 5.91 Å². The van der Waals surface area contributed by atoms with Crippen molar-refractivity contribution in [2.75, 3.05) is 18.5 Å². The lowest BCUT2D eigenvalue weighted by atomic mass is 9.98. The van der Waals surface area contributed by atoms with Crippen molar-refractivity contribution in [2.45, 2.75) is 26.2 Å². The number of anilines is 1. The molecule has 0 atom stereocenters. The van der Waals surface area contributed by atoms with Crippen LogP contribution in [0.4, 0.5) is 5.69 Å². The molecule has 2 aromatic rings. The highest BCUT2D eigenvalue weighted by Gasteiger charge is 2.20. The van der Waals surface area contributed by atoms with E-state index in [0.29, 0.717) is 35.3 Å². The summed E-state index contributed by atoms with van der Waals surface area (Å²) < 4.78 is 11.0. The van der Waals surface area contributed by atoms with Gasteiger partial charge in [0.15, 0.2) is 11.5 Å². The standard InChI is InChI=1S/C16H18N2O3S/c1-16(2,3)15-17-9-13(22-15)14(19)18-10-4-5-11-12(8-10)21-7-6-20-11/h4-5,8-9H,6-7H2,1-3H3,(H,18,19). The third-order valence-corrected chi connectivity index (χ3v) is 4.59. The fourth-order valence-corrected chi connectivity index (χ4v) is 2.91. The van der Waals surface area contributed by atoms with Gasteiger partial charge in [-0.25, -0.2) is 4.98 Å². The lowest BCUT2D eigenvalue weighted by Crippen LogP contribution is -2.16. The third-order valence-electron chi connectivity index (χ3n) is 3.17. The summed E-state index contributed by atoms with van der Waals surface area (Å²) in [7, 11) is 0. The second kappa shape index (κ2) is 5.61. The number of benzene rings is 1. The Bertz CT molecular complexity index is 704. The Hall–Kier alpha value is -2.08. The van der Waals surface area contributed by atoms with E-state index in [4.69, 9.17) is 9.47 Å². The van der Waals surface area contributed by atoms with E-state index in [2.05, 4.69) is 31.1 Å². The molecule has 3 rings (SSSR count). The van der Waals surface area contributed by atoms with Crippen LogP contribution in [-0.2, 0) is 5.41 Å². The summed E-state index contributed by atoms with van der Waals surface area (Å²) in [5, 5.41) is 3.81. The lowest BCUT2D eigenvalue weighted by molar-refractivity contribution is 0.103. The number of rotatable bonds is 2. The molecule has 0 unspecified atom stereocenters. The first kappa shape index (κ1) is 14.8. The average Bonchev–Trinajstić information content (AvgIpc) is 2.97. The predicted octanol–water partition coefficient (Wildman–Crippen LogP) is 3.46. The molecule has 116 valence electrons. The number of amides is 1. The predicted molar refractivity (Wildman–Crippen MR) is 86.2 cm³/mol. The van der Waals surface area contributed by atoms with Gasteiger partial charge in [0.1, 0.15) is 18.1 Å². The highest BCUT2D eigenvalue weighted by molar-refractivity contribution is 7.13. The van der Waals surface area contributed by atoms with Crippen LogP contribution in [0, 0.1) is 0 Å². The molecule has 0 saturated carbocycles. The minimum Gasteiger partial charge on any atom is -0.486 e. The molecule has 1 aliphatic heterocycles. The fraction of sp³-hybridized carbons (Fsp3) is 0.375. The summed E-state index contributed by atoms with van der Waals surface area (Å²) in [6, 6.07) is 5.38. The molecule has 6 heteroatoms. The molecule has 0 fully saturated rings. The zero-order valence-electron chi connectivity index (χ0n) is 12.8. The largest absolute Gasteiger partial charge is 0.486 e. The van der Waals surface area contributed by atoms with Gasteiger partial charge in [-0.3, -0.25) is 4.79 Å². The number of aromatic nitrogens is 1. The number of nitrogens with zero attached hydrogens (tertiary/aromatic N) is 1. The number of thiazole rings is 1. The topological polar surface area (TPSA) is 60.5 Å². The van der Waals surface area contributed by atoms with Gasteiger partial charge < -0.3 is 14.8 Å². The Labute approximate surface area is 133 Å². The molecule has 1 aromatic heterocycles. The zero-order chi connectivity index (χ0) is 15.7. The van der Waals surface area contributed by atoms with Crippen LogP contribution in [0.15, 0.2) is 24.4 Å². The molecule has 5 nitrogen and oxygen atoms in total. The maximum atomic E-state index is 12.3. The molecule has 0 radical (unpaired) electrons. The first-order valence-corrected chi connectivity index (χ1v) is 7.92. The molecule has 0 bridgehead atoms. The van der Waals surface area contributed by atoms with Crippen molar-refractivity contribution in [3.63, 3.8) is 0 Å². The number of fused-ring (bicyclic) bond motifs is 1. The number of nitrogens with one attached hydrogen (secondary N) is 1. The van der Waals surface area contributed by atoms with Gasteiger partial charge in [-0.15, -0.1) is 11.3 Å². The molecule has 1 aliphatic rings. The van der Waals surface area contributed by atoms with E-state index in [9.17, 15) is 4.79 Å². The van der Waals surface area contributed by atoms with Gasteiger partial charge in [0.2, 0.25) is 0 Å². The number of hydrogen-bond donors (Lipinski definition) is 1. The van der Waals surface area contributed by atoms with E-state index >= 15 is 0 Å². The normalized spacial score (nSPS) is 13.8. The van der Waals surface area contributed by atoms with Crippen molar-refractivity contribution in [1.29, 1.82) is 0 Å². The smallest absolute Gasteiger partial charge is 0.267 e. The van der Waals surface area contributed by atoms with Gasteiger partial charge in [-0.2, -0.15) is 0 Å². The number of ether oxygens (including phenoxy) is 2. The van der Waals surface area contributed by atoms with Gasteiger partial charge in [0, 0.05) is 17.2 Å². The minimum atomic E-state index is -0.162.